The van der Waals surface area contributed by atoms with Gasteiger partial charge in [-0.05, 0) is 30.2 Å². The van der Waals surface area contributed by atoms with E-state index in [1.165, 1.54) is 5.56 Å². The quantitative estimate of drug-likeness (QED) is 0.533. The largest absolute Gasteiger partial charge is 0.399 e. The maximum absolute atomic E-state index is 8.91. The van der Waals surface area contributed by atoms with E-state index in [4.69, 9.17) is 10.8 Å². The summed E-state index contributed by atoms with van der Waals surface area (Å²) in [6.45, 7) is 0.175. The topological polar surface area (TPSA) is 58.3 Å². The Morgan fingerprint density at radius 2 is 2.42 bits per heavy atom. The van der Waals surface area contributed by atoms with E-state index < -0.39 is 0 Å². The summed E-state index contributed by atoms with van der Waals surface area (Å²) in [5.74, 6) is 0. The number of fused-ring (bicyclic) bond motifs is 1. The molecule has 0 aromatic heterocycles. The van der Waals surface area contributed by atoms with Crippen molar-refractivity contribution in [1.29, 1.82) is 0 Å². The van der Waals surface area contributed by atoms with Gasteiger partial charge in [-0.2, -0.15) is 0 Å². The van der Waals surface area contributed by atoms with E-state index in [2.05, 4.69) is 5.32 Å². The van der Waals surface area contributed by atoms with Crippen molar-refractivity contribution in [2.24, 2.45) is 0 Å². The highest BCUT2D eigenvalue weighted by Crippen LogP contribution is 2.27. The van der Waals surface area contributed by atoms with Crippen molar-refractivity contribution in [2.45, 2.75) is 12.5 Å². The molecule has 1 aliphatic heterocycles. The standard InChI is InChI=1S/C9H12N2O/c10-7-1-2-9-6(3-7)4-8(5-12)11-9/h1-3,8,11-12H,4-5,10H2/t8-/m0/s1. The lowest BCUT2D eigenvalue weighted by Gasteiger charge is -2.04. The lowest BCUT2D eigenvalue weighted by Crippen LogP contribution is -2.19. The fraction of sp³-hybridized carbons (Fsp3) is 0.333. The zero-order valence-electron chi connectivity index (χ0n) is 6.75. The molecule has 0 saturated heterocycles. The predicted octanol–water partition coefficient (Wildman–Crippen LogP) is 0.598. The van der Waals surface area contributed by atoms with Gasteiger partial charge >= 0.3 is 0 Å². The van der Waals surface area contributed by atoms with Crippen molar-refractivity contribution in [3.8, 4) is 0 Å². The number of nitrogen functional groups attached to an aromatic ring is 1. The van der Waals surface area contributed by atoms with Gasteiger partial charge < -0.3 is 16.2 Å². The van der Waals surface area contributed by atoms with Crippen molar-refractivity contribution >= 4 is 11.4 Å². The van der Waals surface area contributed by atoms with Crippen LogP contribution < -0.4 is 11.1 Å². The lowest BCUT2D eigenvalue weighted by molar-refractivity contribution is 0.277. The Kier molecular flexibility index (Phi) is 1.66. The summed E-state index contributed by atoms with van der Waals surface area (Å²) in [5.41, 5.74) is 8.72. The fourth-order valence-electron chi connectivity index (χ4n) is 1.57. The zero-order valence-corrected chi connectivity index (χ0v) is 6.75. The third kappa shape index (κ3) is 1.12. The molecule has 0 fully saturated rings. The Bertz CT molecular complexity index is 299. The van der Waals surface area contributed by atoms with E-state index in [-0.39, 0.29) is 12.6 Å². The van der Waals surface area contributed by atoms with Crippen molar-refractivity contribution in [1.82, 2.24) is 0 Å². The van der Waals surface area contributed by atoms with Crippen LogP contribution in [0.5, 0.6) is 0 Å². The lowest BCUT2D eigenvalue weighted by atomic mass is 10.1. The molecule has 12 heavy (non-hydrogen) atoms. The molecule has 1 aromatic rings. The van der Waals surface area contributed by atoms with Gasteiger partial charge in [0.1, 0.15) is 0 Å². The van der Waals surface area contributed by atoms with Crippen LogP contribution in [-0.2, 0) is 6.42 Å². The minimum Gasteiger partial charge on any atom is -0.399 e. The molecule has 4 N–H and O–H groups in total. The first-order chi connectivity index (χ1) is 5.79. The summed E-state index contributed by atoms with van der Waals surface area (Å²) in [6.07, 6.45) is 0.872. The Morgan fingerprint density at radius 1 is 1.58 bits per heavy atom. The average molecular weight is 164 g/mol. The van der Waals surface area contributed by atoms with Gasteiger partial charge in [0, 0.05) is 11.4 Å². The Hall–Kier alpha value is -1.22. The number of anilines is 2. The first-order valence-corrected chi connectivity index (χ1v) is 4.05. The Labute approximate surface area is 71.2 Å². The second kappa shape index (κ2) is 2.68. The molecule has 0 aliphatic carbocycles. The molecule has 2 rings (SSSR count). The predicted molar refractivity (Wildman–Crippen MR) is 49.1 cm³/mol. The molecule has 0 unspecified atom stereocenters. The molecule has 64 valence electrons. The monoisotopic (exact) mass is 164 g/mol. The van der Waals surface area contributed by atoms with Crippen LogP contribution in [0.2, 0.25) is 0 Å². The molecule has 1 aliphatic rings. The molecule has 1 aromatic carbocycles. The van der Waals surface area contributed by atoms with Crippen molar-refractivity contribution in [3.05, 3.63) is 23.8 Å². The molecule has 3 nitrogen and oxygen atoms in total. The van der Waals surface area contributed by atoms with Crippen LogP contribution in [0.25, 0.3) is 0 Å². The SMILES string of the molecule is Nc1ccc2c(c1)C[C@@H](CO)N2. The van der Waals surface area contributed by atoms with E-state index in [0.717, 1.165) is 17.8 Å². The van der Waals surface area contributed by atoms with Gasteiger partial charge in [-0.3, -0.25) is 0 Å². The molecular weight excluding hydrogens is 152 g/mol. The smallest absolute Gasteiger partial charge is 0.0636 e. The first-order valence-electron chi connectivity index (χ1n) is 4.05. The van der Waals surface area contributed by atoms with Gasteiger partial charge in [0.2, 0.25) is 0 Å². The van der Waals surface area contributed by atoms with E-state index in [9.17, 15) is 0 Å². The van der Waals surface area contributed by atoms with Crippen molar-refractivity contribution < 1.29 is 5.11 Å². The van der Waals surface area contributed by atoms with Gasteiger partial charge in [-0.1, -0.05) is 0 Å². The Morgan fingerprint density at radius 3 is 3.17 bits per heavy atom. The highest BCUT2D eigenvalue weighted by molar-refractivity contribution is 5.62. The molecule has 0 spiro atoms. The van der Waals surface area contributed by atoms with E-state index in [1.807, 2.05) is 18.2 Å². The molecule has 0 bridgehead atoms. The van der Waals surface area contributed by atoms with Crippen LogP contribution in [0.1, 0.15) is 5.56 Å². The van der Waals surface area contributed by atoms with Gasteiger partial charge in [-0.15, -0.1) is 0 Å². The van der Waals surface area contributed by atoms with Crippen LogP contribution in [0.15, 0.2) is 18.2 Å². The number of aliphatic hydroxyl groups is 1. The second-order valence-electron chi connectivity index (χ2n) is 3.14. The third-order valence-corrected chi connectivity index (χ3v) is 2.18. The van der Waals surface area contributed by atoms with Crippen LogP contribution in [0.3, 0.4) is 0 Å². The number of hydrogen-bond acceptors (Lipinski definition) is 3. The fourth-order valence-corrected chi connectivity index (χ4v) is 1.57. The molecule has 0 amide bonds. The summed E-state index contributed by atoms with van der Waals surface area (Å²) in [6, 6.07) is 5.95. The molecule has 1 heterocycles. The maximum atomic E-state index is 8.91. The number of nitrogens with two attached hydrogens (primary N) is 1. The summed E-state index contributed by atoms with van der Waals surface area (Å²) in [4.78, 5) is 0. The number of rotatable bonds is 1. The number of benzene rings is 1. The van der Waals surface area contributed by atoms with Crippen molar-refractivity contribution in [2.75, 3.05) is 17.7 Å². The van der Waals surface area contributed by atoms with Crippen LogP contribution >= 0.6 is 0 Å². The van der Waals surface area contributed by atoms with Crippen LogP contribution in [0, 0.1) is 0 Å². The molecule has 3 heteroatoms. The minimum atomic E-state index is 0.168. The van der Waals surface area contributed by atoms with E-state index in [1.54, 1.807) is 0 Å². The van der Waals surface area contributed by atoms with E-state index >= 15 is 0 Å². The molecule has 1 atom stereocenters. The van der Waals surface area contributed by atoms with Gasteiger partial charge in [0.15, 0.2) is 0 Å². The number of nitrogens with one attached hydrogen (secondary N) is 1. The van der Waals surface area contributed by atoms with Crippen LogP contribution in [0.4, 0.5) is 11.4 Å². The summed E-state index contributed by atoms with van der Waals surface area (Å²) < 4.78 is 0. The van der Waals surface area contributed by atoms with E-state index in [0.29, 0.717) is 0 Å². The summed E-state index contributed by atoms with van der Waals surface area (Å²) in [7, 11) is 0. The summed E-state index contributed by atoms with van der Waals surface area (Å²) in [5, 5.41) is 12.1. The highest BCUT2D eigenvalue weighted by atomic mass is 16.3. The molecule has 0 radical (unpaired) electrons. The zero-order chi connectivity index (χ0) is 8.55. The van der Waals surface area contributed by atoms with Crippen LogP contribution in [-0.4, -0.2) is 17.8 Å². The molecule has 0 saturated carbocycles. The van der Waals surface area contributed by atoms with Gasteiger partial charge in [0.05, 0.1) is 12.6 Å². The normalized spacial score (nSPS) is 20.2. The molecular formula is C9H12N2O. The minimum absolute atomic E-state index is 0.168. The average Bonchev–Trinajstić information content (AvgIpc) is 2.46. The van der Waals surface area contributed by atoms with Crippen molar-refractivity contribution in [3.63, 3.8) is 0 Å². The maximum Gasteiger partial charge on any atom is 0.0636 e. The summed E-state index contributed by atoms with van der Waals surface area (Å²) >= 11 is 0. The second-order valence-corrected chi connectivity index (χ2v) is 3.14. The Balaban J connectivity index is 2.30. The third-order valence-electron chi connectivity index (χ3n) is 2.18. The number of aliphatic hydroxyl groups excluding tert-OH is 1. The highest BCUT2D eigenvalue weighted by Gasteiger charge is 2.18. The van der Waals surface area contributed by atoms with Gasteiger partial charge in [0.25, 0.3) is 0 Å². The number of hydrogen-bond donors (Lipinski definition) is 3. The first kappa shape index (κ1) is 7.43. The van der Waals surface area contributed by atoms with Gasteiger partial charge in [-0.25, -0.2) is 0 Å².